The zero-order chi connectivity index (χ0) is 17.3. The van der Waals surface area contributed by atoms with Gasteiger partial charge in [0.2, 0.25) is 5.60 Å². The lowest BCUT2D eigenvalue weighted by Gasteiger charge is -2.30. The number of hydrogen-bond acceptors (Lipinski definition) is 4. The van der Waals surface area contributed by atoms with E-state index in [2.05, 4.69) is 0 Å². The summed E-state index contributed by atoms with van der Waals surface area (Å²) >= 11 is 0. The minimum Gasteiger partial charge on any atom is -0.473 e. The number of halogens is 1. The van der Waals surface area contributed by atoms with E-state index in [-0.39, 0.29) is 12.2 Å². The summed E-state index contributed by atoms with van der Waals surface area (Å²) in [4.78, 5) is 11.9. The van der Waals surface area contributed by atoms with Crippen LogP contribution >= 0.6 is 0 Å². The smallest absolute Gasteiger partial charge is 0.266 e. The predicted octanol–water partition coefficient (Wildman–Crippen LogP) is 1.75. The number of benzene rings is 1. The van der Waals surface area contributed by atoms with Crippen molar-refractivity contribution in [3.05, 3.63) is 53.9 Å². The first kappa shape index (κ1) is 17.2. The van der Waals surface area contributed by atoms with Crippen LogP contribution in [-0.4, -0.2) is 31.4 Å². The Kier molecular flexibility index (Phi) is 4.61. The van der Waals surface area contributed by atoms with Crippen molar-refractivity contribution in [2.75, 3.05) is 6.26 Å². The second kappa shape index (κ2) is 6.16. The average molecular weight is 339 g/mol. The molecule has 5 nitrogen and oxygen atoms in total. The van der Waals surface area contributed by atoms with E-state index in [0.29, 0.717) is 5.57 Å². The zero-order valence-corrected chi connectivity index (χ0v) is 13.6. The molecular weight excluding hydrogens is 321 g/mol. The van der Waals surface area contributed by atoms with E-state index in [4.69, 9.17) is 10.5 Å². The molecule has 2 unspecified atom stereocenters. The third-order valence-electron chi connectivity index (χ3n) is 3.77. The number of allylic oxidation sites excluding steroid dienone is 1. The van der Waals surface area contributed by atoms with Crippen LogP contribution in [0.4, 0.5) is 4.39 Å². The fourth-order valence-electron chi connectivity index (χ4n) is 2.26. The van der Waals surface area contributed by atoms with Gasteiger partial charge in [0.1, 0.15) is 11.6 Å². The molecule has 0 aliphatic heterocycles. The van der Waals surface area contributed by atoms with Gasteiger partial charge >= 0.3 is 0 Å². The van der Waals surface area contributed by atoms with Gasteiger partial charge in [0.25, 0.3) is 5.91 Å². The summed E-state index contributed by atoms with van der Waals surface area (Å²) in [6, 6.07) is 5.20. The Morgan fingerprint density at radius 3 is 2.39 bits per heavy atom. The second-order valence-corrected chi connectivity index (χ2v) is 7.84. The molecule has 1 aliphatic carbocycles. The van der Waals surface area contributed by atoms with Crippen molar-refractivity contribution < 1.29 is 22.3 Å². The Balaban J connectivity index is 2.28. The van der Waals surface area contributed by atoms with Gasteiger partial charge in [-0.2, -0.15) is 0 Å². The van der Waals surface area contributed by atoms with Gasteiger partial charge < -0.3 is 10.5 Å². The number of amides is 1. The molecular formula is C16H18FNO4S. The van der Waals surface area contributed by atoms with Gasteiger partial charge in [0.15, 0.2) is 9.84 Å². The third-order valence-corrected chi connectivity index (χ3v) is 5.22. The molecule has 1 aromatic carbocycles. The van der Waals surface area contributed by atoms with Crippen molar-refractivity contribution in [1.29, 1.82) is 0 Å². The van der Waals surface area contributed by atoms with Crippen molar-refractivity contribution in [2.45, 2.75) is 24.2 Å². The minimum absolute atomic E-state index is 0.236. The number of hydrogen-bond donors (Lipinski definition) is 1. The minimum atomic E-state index is -3.21. The molecule has 0 heterocycles. The maximum absolute atomic E-state index is 13.0. The van der Waals surface area contributed by atoms with Gasteiger partial charge in [0.05, 0.1) is 5.25 Å². The van der Waals surface area contributed by atoms with Crippen LogP contribution in [0.25, 0.3) is 0 Å². The number of sulfone groups is 1. The highest BCUT2D eigenvalue weighted by molar-refractivity contribution is 7.91. The van der Waals surface area contributed by atoms with Crippen LogP contribution in [0.5, 0.6) is 5.75 Å². The van der Waals surface area contributed by atoms with Crippen LogP contribution in [0, 0.1) is 5.82 Å². The van der Waals surface area contributed by atoms with E-state index in [1.165, 1.54) is 43.3 Å². The Labute approximate surface area is 134 Å². The summed E-state index contributed by atoms with van der Waals surface area (Å²) in [5.74, 6) is -0.867. The van der Waals surface area contributed by atoms with Crippen molar-refractivity contribution >= 4 is 15.7 Å². The van der Waals surface area contributed by atoms with E-state index in [1.807, 2.05) is 0 Å². The van der Waals surface area contributed by atoms with Crippen molar-refractivity contribution in [1.82, 2.24) is 0 Å². The molecule has 0 spiro atoms. The molecule has 1 amide bonds. The number of primary amides is 1. The first-order valence-corrected chi connectivity index (χ1v) is 8.90. The average Bonchev–Trinajstić information content (AvgIpc) is 2.48. The van der Waals surface area contributed by atoms with Gasteiger partial charge in [-0.1, -0.05) is 18.2 Å². The monoisotopic (exact) mass is 339 g/mol. The normalized spacial score (nSPS) is 20.5. The van der Waals surface area contributed by atoms with Crippen LogP contribution in [-0.2, 0) is 14.6 Å². The number of nitrogens with two attached hydrogens (primary N) is 1. The molecule has 1 aromatic rings. The summed E-state index contributed by atoms with van der Waals surface area (Å²) in [5.41, 5.74) is 4.46. The number of rotatable bonds is 5. The van der Waals surface area contributed by atoms with Gasteiger partial charge in [-0.15, -0.1) is 0 Å². The summed E-state index contributed by atoms with van der Waals surface area (Å²) < 4.78 is 41.8. The summed E-state index contributed by atoms with van der Waals surface area (Å²) in [6.07, 6.45) is 6.06. The fourth-order valence-corrected chi connectivity index (χ4v) is 3.07. The first-order valence-electron chi connectivity index (χ1n) is 6.95. The topological polar surface area (TPSA) is 86.5 Å². The van der Waals surface area contributed by atoms with Gasteiger partial charge in [0, 0.05) is 11.8 Å². The quantitative estimate of drug-likeness (QED) is 0.885. The van der Waals surface area contributed by atoms with Crippen LogP contribution in [0.1, 0.15) is 13.3 Å². The molecule has 2 N–H and O–H groups in total. The van der Waals surface area contributed by atoms with Crippen molar-refractivity contribution in [3.8, 4) is 5.75 Å². The molecule has 0 aromatic heterocycles. The molecule has 0 saturated heterocycles. The fraction of sp³-hybridized carbons (Fsp3) is 0.312. The molecule has 2 rings (SSSR count). The molecule has 124 valence electrons. The Morgan fingerprint density at radius 1 is 1.35 bits per heavy atom. The summed E-state index contributed by atoms with van der Waals surface area (Å²) in [5, 5.41) is -0.630. The number of ether oxygens (including phenoxy) is 1. The molecule has 7 heteroatoms. The highest BCUT2D eigenvalue weighted by Crippen LogP contribution is 2.30. The maximum atomic E-state index is 13.0. The second-order valence-electron chi connectivity index (χ2n) is 5.58. The molecule has 0 radical (unpaired) electrons. The summed E-state index contributed by atoms with van der Waals surface area (Å²) in [6.45, 7) is 1.50. The number of carbonyl (C=O) groups is 1. The molecule has 1 aliphatic rings. The Bertz CT molecular complexity index is 768. The summed E-state index contributed by atoms with van der Waals surface area (Å²) in [7, 11) is -3.21. The standard InChI is InChI=1S/C16H18FNO4S/c1-16(15(18)19,22-13-7-5-12(17)6-8-13)11-3-9-14(10-4-11)23(2,20)21/h3-9,14H,10H2,1-2H3,(H2,18,19). The Hall–Kier alpha value is -2.15. The SMILES string of the molecule is CC(Oc1ccc(F)cc1)(C(N)=O)C1=CCC(S(C)(=O)=O)C=C1. The van der Waals surface area contributed by atoms with E-state index < -0.39 is 32.4 Å². The lowest BCUT2D eigenvalue weighted by atomic mass is 9.90. The van der Waals surface area contributed by atoms with Crippen LogP contribution in [0.15, 0.2) is 48.1 Å². The van der Waals surface area contributed by atoms with E-state index >= 15 is 0 Å². The van der Waals surface area contributed by atoms with Gasteiger partial charge in [-0.25, -0.2) is 12.8 Å². The molecule has 0 fully saturated rings. The molecule has 2 atom stereocenters. The van der Waals surface area contributed by atoms with E-state index in [0.717, 1.165) is 6.26 Å². The Morgan fingerprint density at radius 2 is 1.96 bits per heavy atom. The van der Waals surface area contributed by atoms with Crippen LogP contribution < -0.4 is 10.5 Å². The maximum Gasteiger partial charge on any atom is 0.266 e. The van der Waals surface area contributed by atoms with E-state index in [1.54, 1.807) is 6.08 Å². The number of carbonyl (C=O) groups excluding carboxylic acids is 1. The van der Waals surface area contributed by atoms with Crippen LogP contribution in [0.3, 0.4) is 0 Å². The van der Waals surface area contributed by atoms with Gasteiger partial charge in [-0.3, -0.25) is 4.79 Å². The highest BCUT2D eigenvalue weighted by Gasteiger charge is 2.38. The van der Waals surface area contributed by atoms with E-state index in [9.17, 15) is 17.6 Å². The molecule has 0 saturated carbocycles. The van der Waals surface area contributed by atoms with Crippen molar-refractivity contribution in [3.63, 3.8) is 0 Å². The van der Waals surface area contributed by atoms with Gasteiger partial charge in [-0.05, 0) is 37.6 Å². The first-order chi connectivity index (χ1) is 10.6. The lowest BCUT2D eigenvalue weighted by molar-refractivity contribution is -0.129. The van der Waals surface area contributed by atoms with Crippen molar-refractivity contribution in [2.24, 2.45) is 5.73 Å². The molecule has 23 heavy (non-hydrogen) atoms. The predicted molar refractivity (Wildman–Crippen MR) is 85.1 cm³/mol. The van der Waals surface area contributed by atoms with Crippen LogP contribution in [0.2, 0.25) is 0 Å². The largest absolute Gasteiger partial charge is 0.473 e. The molecule has 0 bridgehead atoms. The third kappa shape index (κ3) is 3.79. The zero-order valence-electron chi connectivity index (χ0n) is 12.8. The highest BCUT2D eigenvalue weighted by atomic mass is 32.2. The lowest BCUT2D eigenvalue weighted by Crippen LogP contribution is -2.48.